The highest BCUT2D eigenvalue weighted by molar-refractivity contribution is 6.43. The predicted octanol–water partition coefficient (Wildman–Crippen LogP) is 0.350. The number of rotatable bonds is 3. The summed E-state index contributed by atoms with van der Waals surface area (Å²) in [6, 6.07) is 7.29. The lowest BCUT2D eigenvalue weighted by molar-refractivity contribution is -0.121. The molecule has 2 rings (SSSR count). The SMILES string of the molecule is NCc1cccc(NC(=O)C2=NNC(=O)CC2)c1. The van der Waals surface area contributed by atoms with Gasteiger partial charge < -0.3 is 11.1 Å². The zero-order valence-corrected chi connectivity index (χ0v) is 9.77. The van der Waals surface area contributed by atoms with E-state index in [4.69, 9.17) is 5.73 Å². The maximum atomic E-state index is 11.8. The van der Waals surface area contributed by atoms with E-state index in [1.165, 1.54) is 0 Å². The van der Waals surface area contributed by atoms with Crippen LogP contribution >= 0.6 is 0 Å². The quantitative estimate of drug-likeness (QED) is 0.718. The molecule has 1 heterocycles. The van der Waals surface area contributed by atoms with Crippen molar-refractivity contribution in [2.75, 3.05) is 5.32 Å². The van der Waals surface area contributed by atoms with Crippen molar-refractivity contribution in [2.45, 2.75) is 19.4 Å². The van der Waals surface area contributed by atoms with Crippen LogP contribution in [0.15, 0.2) is 29.4 Å². The fourth-order valence-electron chi connectivity index (χ4n) is 1.62. The van der Waals surface area contributed by atoms with E-state index in [0.717, 1.165) is 5.56 Å². The van der Waals surface area contributed by atoms with E-state index in [0.29, 0.717) is 24.4 Å². The molecule has 1 aliphatic rings. The maximum Gasteiger partial charge on any atom is 0.271 e. The summed E-state index contributed by atoms with van der Waals surface area (Å²) in [6.07, 6.45) is 0.642. The standard InChI is InChI=1S/C12H14N4O2/c13-7-8-2-1-3-9(6-8)14-12(18)10-4-5-11(17)16-15-10/h1-3,6H,4-5,7,13H2,(H,14,18)(H,16,17). The van der Waals surface area contributed by atoms with Gasteiger partial charge in [0.25, 0.3) is 5.91 Å². The smallest absolute Gasteiger partial charge is 0.271 e. The fourth-order valence-corrected chi connectivity index (χ4v) is 1.62. The number of hydrogen-bond acceptors (Lipinski definition) is 4. The number of nitrogens with two attached hydrogens (primary N) is 1. The van der Waals surface area contributed by atoms with Crippen molar-refractivity contribution >= 4 is 23.2 Å². The first kappa shape index (κ1) is 12.3. The van der Waals surface area contributed by atoms with Crippen molar-refractivity contribution in [3.63, 3.8) is 0 Å². The second kappa shape index (κ2) is 5.42. The summed E-state index contributed by atoms with van der Waals surface area (Å²) in [7, 11) is 0. The minimum Gasteiger partial charge on any atom is -0.326 e. The van der Waals surface area contributed by atoms with Gasteiger partial charge in [0.1, 0.15) is 5.71 Å². The highest BCUT2D eigenvalue weighted by atomic mass is 16.2. The second-order valence-electron chi connectivity index (χ2n) is 3.95. The van der Waals surface area contributed by atoms with E-state index >= 15 is 0 Å². The van der Waals surface area contributed by atoms with Crippen LogP contribution in [0.2, 0.25) is 0 Å². The van der Waals surface area contributed by atoms with Gasteiger partial charge in [0.05, 0.1) is 0 Å². The molecule has 6 heteroatoms. The van der Waals surface area contributed by atoms with Crippen LogP contribution in [-0.4, -0.2) is 17.5 Å². The highest BCUT2D eigenvalue weighted by Gasteiger charge is 2.18. The Morgan fingerprint density at radius 2 is 2.28 bits per heavy atom. The van der Waals surface area contributed by atoms with Gasteiger partial charge in [0.2, 0.25) is 5.91 Å². The van der Waals surface area contributed by atoms with Crippen molar-refractivity contribution < 1.29 is 9.59 Å². The normalized spacial score (nSPS) is 14.7. The summed E-state index contributed by atoms with van der Waals surface area (Å²) in [5.74, 6) is -0.471. The lowest BCUT2D eigenvalue weighted by Gasteiger charge is -2.12. The topological polar surface area (TPSA) is 96.6 Å². The van der Waals surface area contributed by atoms with Crippen molar-refractivity contribution in [3.8, 4) is 0 Å². The molecule has 2 amide bonds. The minimum atomic E-state index is -0.302. The summed E-state index contributed by atoms with van der Waals surface area (Å²) in [4.78, 5) is 22.8. The molecule has 0 saturated heterocycles. The van der Waals surface area contributed by atoms with Gasteiger partial charge in [-0.15, -0.1) is 0 Å². The number of carbonyl (C=O) groups excluding carboxylic acids is 2. The van der Waals surface area contributed by atoms with Crippen LogP contribution in [0.4, 0.5) is 5.69 Å². The summed E-state index contributed by atoms with van der Waals surface area (Å²) in [5, 5.41) is 6.45. The molecule has 6 nitrogen and oxygen atoms in total. The second-order valence-corrected chi connectivity index (χ2v) is 3.95. The first-order valence-electron chi connectivity index (χ1n) is 5.65. The molecule has 1 aliphatic heterocycles. The molecule has 0 aliphatic carbocycles. The molecule has 4 N–H and O–H groups in total. The summed E-state index contributed by atoms with van der Waals surface area (Å²) in [6.45, 7) is 0.417. The molecule has 94 valence electrons. The van der Waals surface area contributed by atoms with Crippen LogP contribution in [0.5, 0.6) is 0 Å². The molecule has 0 radical (unpaired) electrons. The van der Waals surface area contributed by atoms with E-state index in [1.807, 2.05) is 12.1 Å². The van der Waals surface area contributed by atoms with Crippen molar-refractivity contribution in [1.29, 1.82) is 0 Å². The predicted molar refractivity (Wildman–Crippen MR) is 67.8 cm³/mol. The molecular weight excluding hydrogens is 232 g/mol. The molecule has 0 atom stereocenters. The molecule has 1 aromatic carbocycles. The van der Waals surface area contributed by atoms with Crippen LogP contribution in [0, 0.1) is 0 Å². The Labute approximate surface area is 104 Å². The van der Waals surface area contributed by atoms with Crippen LogP contribution in [-0.2, 0) is 16.1 Å². The van der Waals surface area contributed by atoms with Gasteiger partial charge in [-0.3, -0.25) is 9.59 Å². The van der Waals surface area contributed by atoms with E-state index in [9.17, 15) is 9.59 Å². The van der Waals surface area contributed by atoms with E-state index in [1.54, 1.807) is 12.1 Å². The van der Waals surface area contributed by atoms with Gasteiger partial charge in [-0.05, 0) is 17.7 Å². The molecule has 0 bridgehead atoms. The Morgan fingerprint density at radius 3 is 2.94 bits per heavy atom. The molecule has 18 heavy (non-hydrogen) atoms. The van der Waals surface area contributed by atoms with Crippen LogP contribution in [0.3, 0.4) is 0 Å². The van der Waals surface area contributed by atoms with Gasteiger partial charge in [0.15, 0.2) is 0 Å². The number of nitrogens with zero attached hydrogens (tertiary/aromatic N) is 1. The maximum absolute atomic E-state index is 11.8. The molecule has 0 fully saturated rings. The highest BCUT2D eigenvalue weighted by Crippen LogP contribution is 2.11. The summed E-state index contributed by atoms with van der Waals surface area (Å²) >= 11 is 0. The monoisotopic (exact) mass is 246 g/mol. The fraction of sp³-hybridized carbons (Fsp3) is 0.250. The summed E-state index contributed by atoms with van der Waals surface area (Å²) in [5.41, 5.74) is 9.75. The number of hydrazone groups is 1. The average molecular weight is 246 g/mol. The third kappa shape index (κ3) is 2.92. The Balaban J connectivity index is 2.04. The zero-order valence-electron chi connectivity index (χ0n) is 9.77. The molecule has 0 unspecified atom stereocenters. The number of amides is 2. The third-order valence-corrected chi connectivity index (χ3v) is 2.59. The molecule has 0 saturated carbocycles. The lowest BCUT2D eigenvalue weighted by Crippen LogP contribution is -2.32. The number of anilines is 1. The molecule has 0 aromatic heterocycles. The Morgan fingerprint density at radius 1 is 1.44 bits per heavy atom. The number of carbonyl (C=O) groups is 2. The van der Waals surface area contributed by atoms with E-state index in [-0.39, 0.29) is 18.2 Å². The van der Waals surface area contributed by atoms with Crippen LogP contribution in [0.25, 0.3) is 0 Å². The first-order chi connectivity index (χ1) is 8.69. The Hall–Kier alpha value is -2.21. The number of nitrogens with one attached hydrogen (secondary N) is 2. The lowest BCUT2D eigenvalue weighted by atomic mass is 10.1. The van der Waals surface area contributed by atoms with Gasteiger partial charge in [-0.1, -0.05) is 12.1 Å². The van der Waals surface area contributed by atoms with Crippen LogP contribution < -0.4 is 16.5 Å². The van der Waals surface area contributed by atoms with E-state index < -0.39 is 0 Å². The minimum absolute atomic E-state index is 0.170. The summed E-state index contributed by atoms with van der Waals surface area (Å²) < 4.78 is 0. The van der Waals surface area contributed by atoms with Crippen molar-refractivity contribution in [2.24, 2.45) is 10.8 Å². The number of hydrogen-bond donors (Lipinski definition) is 3. The van der Waals surface area contributed by atoms with E-state index in [2.05, 4.69) is 15.8 Å². The molecular formula is C12H14N4O2. The van der Waals surface area contributed by atoms with Crippen molar-refractivity contribution in [3.05, 3.63) is 29.8 Å². The zero-order chi connectivity index (χ0) is 13.0. The Bertz CT molecular complexity index is 511. The average Bonchev–Trinajstić information content (AvgIpc) is 2.39. The number of benzene rings is 1. The largest absolute Gasteiger partial charge is 0.326 e. The molecule has 1 aromatic rings. The third-order valence-electron chi connectivity index (χ3n) is 2.59. The molecule has 0 spiro atoms. The van der Waals surface area contributed by atoms with Crippen molar-refractivity contribution in [1.82, 2.24) is 5.43 Å². The Kier molecular flexibility index (Phi) is 3.69. The van der Waals surface area contributed by atoms with Gasteiger partial charge in [-0.25, -0.2) is 5.43 Å². The first-order valence-corrected chi connectivity index (χ1v) is 5.65. The van der Waals surface area contributed by atoms with Gasteiger partial charge in [0, 0.05) is 25.1 Å². The van der Waals surface area contributed by atoms with Gasteiger partial charge in [-0.2, -0.15) is 5.10 Å². The van der Waals surface area contributed by atoms with Crippen LogP contribution in [0.1, 0.15) is 18.4 Å². The van der Waals surface area contributed by atoms with Gasteiger partial charge >= 0.3 is 0 Å².